The van der Waals surface area contributed by atoms with Crippen LogP contribution in [0.1, 0.15) is 52.4 Å². The summed E-state index contributed by atoms with van der Waals surface area (Å²) in [5, 5.41) is 12.3. The summed E-state index contributed by atoms with van der Waals surface area (Å²) in [7, 11) is 0. The highest BCUT2D eigenvalue weighted by atomic mass is 16.4. The summed E-state index contributed by atoms with van der Waals surface area (Å²) in [5.41, 5.74) is -0.439. The molecule has 0 aromatic rings. The summed E-state index contributed by atoms with van der Waals surface area (Å²) < 4.78 is 0. The number of fused-ring (bicyclic) bond motifs is 1. The molecule has 3 aliphatic carbocycles. The van der Waals surface area contributed by atoms with E-state index in [0.29, 0.717) is 18.4 Å². The molecule has 0 aromatic carbocycles. The Hall–Kier alpha value is -1.65. The third kappa shape index (κ3) is 2.60. The summed E-state index contributed by atoms with van der Waals surface area (Å²) in [6.45, 7) is 4.00. The summed E-state index contributed by atoms with van der Waals surface area (Å²) in [6.07, 6.45) is 6.23. The molecule has 0 heterocycles. The van der Waals surface area contributed by atoms with Crippen molar-refractivity contribution in [2.75, 3.05) is 0 Å². The molecule has 0 unspecified atom stereocenters. The lowest BCUT2D eigenvalue weighted by atomic mass is 9.74. The molecule has 5 atom stereocenters. The lowest BCUT2D eigenvalue weighted by Gasteiger charge is -2.30. The van der Waals surface area contributed by atoms with E-state index in [9.17, 15) is 19.5 Å². The number of carbonyl (C=O) groups is 3. The Bertz CT molecular complexity index is 582. The van der Waals surface area contributed by atoms with Crippen LogP contribution >= 0.6 is 0 Å². The standard InChI is InChI=1S/C18H25NO4/c1-3-10-7-13-12(5-6-15(13)20)14(8-10)16(21)19-18(17(22)23)9-11(18)4-2/h8,10-13H,3-7,9H2,1-2H3,(H,19,21)(H,22,23)/t10-,11+,12+,13+,18-/m0/s1. The van der Waals surface area contributed by atoms with Gasteiger partial charge in [-0.3, -0.25) is 9.59 Å². The van der Waals surface area contributed by atoms with E-state index in [1.165, 1.54) is 0 Å². The number of aliphatic carboxylic acids is 1. The maximum absolute atomic E-state index is 12.8. The average Bonchev–Trinajstić information content (AvgIpc) is 3.14. The van der Waals surface area contributed by atoms with Gasteiger partial charge in [0.05, 0.1) is 0 Å². The van der Waals surface area contributed by atoms with Crippen LogP contribution in [0, 0.1) is 23.7 Å². The third-order valence-corrected chi connectivity index (χ3v) is 6.08. The molecule has 0 aliphatic heterocycles. The van der Waals surface area contributed by atoms with Crippen LogP contribution in [0.2, 0.25) is 0 Å². The van der Waals surface area contributed by atoms with Gasteiger partial charge < -0.3 is 10.4 Å². The fraction of sp³-hybridized carbons (Fsp3) is 0.722. The SMILES string of the molecule is CC[C@@H]1C=C(C(=O)N[C@@]2(C(=O)O)C[C@H]2CC)[C@@H]2CCC(=O)[C@@H]2C1. The summed E-state index contributed by atoms with van der Waals surface area (Å²) in [4.78, 5) is 36.4. The van der Waals surface area contributed by atoms with Gasteiger partial charge >= 0.3 is 5.97 Å². The average molecular weight is 319 g/mol. The van der Waals surface area contributed by atoms with Crippen molar-refractivity contribution in [2.45, 2.75) is 57.9 Å². The van der Waals surface area contributed by atoms with Crippen LogP contribution in [0.5, 0.6) is 0 Å². The zero-order valence-corrected chi connectivity index (χ0v) is 13.8. The lowest BCUT2D eigenvalue weighted by molar-refractivity contribution is -0.143. The smallest absolute Gasteiger partial charge is 0.329 e. The molecule has 3 aliphatic rings. The molecule has 0 radical (unpaired) electrons. The fourth-order valence-corrected chi connectivity index (χ4v) is 4.44. The van der Waals surface area contributed by atoms with Crippen molar-refractivity contribution in [3.63, 3.8) is 0 Å². The topological polar surface area (TPSA) is 83.5 Å². The number of hydrogen-bond donors (Lipinski definition) is 2. The molecule has 3 rings (SSSR count). The van der Waals surface area contributed by atoms with Gasteiger partial charge in [-0.2, -0.15) is 0 Å². The quantitative estimate of drug-likeness (QED) is 0.814. The third-order valence-electron chi connectivity index (χ3n) is 6.08. The van der Waals surface area contributed by atoms with Gasteiger partial charge in [-0.1, -0.05) is 26.3 Å². The molecule has 0 bridgehead atoms. The van der Waals surface area contributed by atoms with Gasteiger partial charge in [-0.05, 0) is 43.4 Å². The molecule has 5 heteroatoms. The second-order valence-electron chi connectivity index (χ2n) is 7.28. The zero-order chi connectivity index (χ0) is 16.8. The van der Waals surface area contributed by atoms with Crippen LogP contribution in [0.25, 0.3) is 0 Å². The van der Waals surface area contributed by atoms with E-state index in [1.807, 2.05) is 13.0 Å². The van der Waals surface area contributed by atoms with E-state index in [-0.39, 0.29) is 35.4 Å². The second-order valence-corrected chi connectivity index (χ2v) is 7.28. The van der Waals surface area contributed by atoms with Crippen molar-refractivity contribution in [1.82, 2.24) is 5.32 Å². The predicted octanol–water partition coefficient (Wildman–Crippen LogP) is 2.31. The van der Waals surface area contributed by atoms with Crippen LogP contribution in [-0.4, -0.2) is 28.3 Å². The van der Waals surface area contributed by atoms with Crippen LogP contribution in [0.15, 0.2) is 11.6 Å². The first-order valence-electron chi connectivity index (χ1n) is 8.73. The molecule has 1 amide bonds. The van der Waals surface area contributed by atoms with E-state index in [1.54, 1.807) is 0 Å². The minimum absolute atomic E-state index is 0.0103. The van der Waals surface area contributed by atoms with Gasteiger partial charge in [0.1, 0.15) is 11.3 Å². The summed E-state index contributed by atoms with van der Waals surface area (Å²) >= 11 is 0. The molecular formula is C18H25NO4. The van der Waals surface area contributed by atoms with Gasteiger partial charge in [-0.25, -0.2) is 4.79 Å². The largest absolute Gasteiger partial charge is 0.479 e. The van der Waals surface area contributed by atoms with Crippen molar-refractivity contribution >= 4 is 17.7 Å². The Morgan fingerprint density at radius 2 is 2.04 bits per heavy atom. The minimum Gasteiger partial charge on any atom is -0.479 e. The molecule has 126 valence electrons. The summed E-state index contributed by atoms with van der Waals surface area (Å²) in [6, 6.07) is 0. The van der Waals surface area contributed by atoms with Crippen molar-refractivity contribution in [3.05, 3.63) is 11.6 Å². The Labute approximate surface area is 136 Å². The van der Waals surface area contributed by atoms with Gasteiger partial charge in [0, 0.05) is 17.9 Å². The molecule has 5 nitrogen and oxygen atoms in total. The first-order chi connectivity index (χ1) is 10.9. The maximum Gasteiger partial charge on any atom is 0.329 e. The predicted molar refractivity (Wildman–Crippen MR) is 84.6 cm³/mol. The Morgan fingerprint density at radius 1 is 1.30 bits per heavy atom. The van der Waals surface area contributed by atoms with E-state index < -0.39 is 11.5 Å². The molecule has 2 saturated carbocycles. The Balaban J connectivity index is 1.82. The molecule has 0 spiro atoms. The van der Waals surface area contributed by atoms with Gasteiger partial charge in [-0.15, -0.1) is 0 Å². The normalized spacial score (nSPS) is 38.7. The van der Waals surface area contributed by atoms with E-state index in [2.05, 4.69) is 12.2 Å². The lowest BCUT2D eigenvalue weighted by Crippen LogP contribution is -2.47. The number of ketones is 1. The molecule has 0 saturated heterocycles. The molecule has 2 N–H and O–H groups in total. The van der Waals surface area contributed by atoms with E-state index in [4.69, 9.17) is 0 Å². The number of carboxylic acids is 1. The van der Waals surface area contributed by atoms with Crippen LogP contribution in [0.3, 0.4) is 0 Å². The number of carbonyl (C=O) groups excluding carboxylic acids is 2. The summed E-state index contributed by atoms with van der Waals surface area (Å²) in [5.74, 6) is -0.774. The van der Waals surface area contributed by atoms with Gasteiger partial charge in [0.2, 0.25) is 5.91 Å². The van der Waals surface area contributed by atoms with Crippen LogP contribution < -0.4 is 5.32 Å². The number of carboxylic acid groups (broad SMARTS) is 1. The Morgan fingerprint density at radius 3 is 2.61 bits per heavy atom. The minimum atomic E-state index is -1.09. The van der Waals surface area contributed by atoms with Gasteiger partial charge in [0.25, 0.3) is 0 Å². The maximum atomic E-state index is 12.8. The number of Topliss-reactive ketones (excluding diaryl/α,β-unsaturated/α-hetero) is 1. The first kappa shape index (κ1) is 16.2. The van der Waals surface area contributed by atoms with E-state index in [0.717, 1.165) is 25.7 Å². The number of nitrogens with one attached hydrogen (secondary N) is 1. The van der Waals surface area contributed by atoms with Gasteiger partial charge in [0.15, 0.2) is 0 Å². The van der Waals surface area contributed by atoms with E-state index >= 15 is 0 Å². The van der Waals surface area contributed by atoms with Crippen molar-refractivity contribution in [2.24, 2.45) is 23.7 Å². The van der Waals surface area contributed by atoms with Crippen molar-refractivity contribution in [3.8, 4) is 0 Å². The molecular weight excluding hydrogens is 294 g/mol. The highest BCUT2D eigenvalue weighted by Crippen LogP contribution is 2.48. The number of allylic oxidation sites excluding steroid dienone is 1. The van der Waals surface area contributed by atoms with Crippen LogP contribution in [-0.2, 0) is 14.4 Å². The zero-order valence-electron chi connectivity index (χ0n) is 13.8. The highest BCUT2D eigenvalue weighted by Gasteiger charge is 2.61. The van der Waals surface area contributed by atoms with Crippen molar-refractivity contribution in [1.29, 1.82) is 0 Å². The van der Waals surface area contributed by atoms with Crippen LogP contribution in [0.4, 0.5) is 0 Å². The first-order valence-corrected chi connectivity index (χ1v) is 8.73. The Kier molecular flexibility index (Phi) is 4.07. The molecule has 2 fully saturated rings. The monoisotopic (exact) mass is 319 g/mol. The molecule has 0 aromatic heterocycles. The molecule has 23 heavy (non-hydrogen) atoms. The second kappa shape index (κ2) is 5.77. The fourth-order valence-electron chi connectivity index (χ4n) is 4.44. The number of hydrogen-bond acceptors (Lipinski definition) is 3. The van der Waals surface area contributed by atoms with Crippen molar-refractivity contribution < 1.29 is 19.5 Å². The number of rotatable bonds is 5. The number of amides is 1. The highest BCUT2D eigenvalue weighted by molar-refractivity contribution is 6.00.